The maximum absolute atomic E-state index is 11.3. The van der Waals surface area contributed by atoms with Crippen molar-refractivity contribution in [1.29, 1.82) is 0 Å². The molecular formula is C24H27NO6S. The summed E-state index contributed by atoms with van der Waals surface area (Å²) in [6.07, 6.45) is 3.86. The van der Waals surface area contributed by atoms with Gasteiger partial charge in [0.15, 0.2) is 11.5 Å². The third-order valence-electron chi connectivity index (χ3n) is 5.47. The van der Waals surface area contributed by atoms with Crippen molar-refractivity contribution < 1.29 is 27.2 Å². The maximum Gasteiger partial charge on any atom is 0.357 e. The van der Waals surface area contributed by atoms with E-state index in [0.717, 1.165) is 36.2 Å². The Balaban J connectivity index is 1.48. The molecule has 32 heavy (non-hydrogen) atoms. The molecule has 1 aliphatic rings. The van der Waals surface area contributed by atoms with Gasteiger partial charge < -0.3 is 18.4 Å². The van der Waals surface area contributed by atoms with Gasteiger partial charge in [0.2, 0.25) is 0 Å². The van der Waals surface area contributed by atoms with Gasteiger partial charge in [-0.1, -0.05) is 12.5 Å². The molecule has 170 valence electrons. The van der Waals surface area contributed by atoms with Crippen LogP contribution in [0.1, 0.15) is 19.3 Å². The van der Waals surface area contributed by atoms with Crippen LogP contribution in [0.15, 0.2) is 54.6 Å². The van der Waals surface area contributed by atoms with Crippen LogP contribution in [-0.4, -0.2) is 47.0 Å². The van der Waals surface area contributed by atoms with E-state index < -0.39 is 11.4 Å². The average Bonchev–Trinajstić information content (AvgIpc) is 2.81. The van der Waals surface area contributed by atoms with E-state index in [9.17, 15) is 8.76 Å². The zero-order valence-electron chi connectivity index (χ0n) is 18.0. The van der Waals surface area contributed by atoms with Crippen LogP contribution in [0.2, 0.25) is 0 Å². The fourth-order valence-corrected chi connectivity index (χ4v) is 4.12. The number of benzene rings is 3. The maximum atomic E-state index is 11.3. The largest absolute Gasteiger partial charge is 0.497 e. The van der Waals surface area contributed by atoms with Crippen LogP contribution >= 0.6 is 0 Å². The Morgan fingerprint density at radius 2 is 1.66 bits per heavy atom. The molecule has 1 heterocycles. The molecular weight excluding hydrogens is 430 g/mol. The number of piperidine rings is 1. The van der Waals surface area contributed by atoms with Gasteiger partial charge in [-0.2, -0.15) is 4.21 Å². The summed E-state index contributed by atoms with van der Waals surface area (Å²) in [5.74, 6) is 2.56. The van der Waals surface area contributed by atoms with Crippen LogP contribution in [0.3, 0.4) is 0 Å². The Bertz CT molecular complexity index is 1070. The first-order valence-electron chi connectivity index (χ1n) is 10.7. The number of likely N-dealkylation sites (tertiary alicyclic amines) is 1. The monoisotopic (exact) mass is 457 g/mol. The zero-order chi connectivity index (χ0) is 22.3. The summed E-state index contributed by atoms with van der Waals surface area (Å²) in [6.45, 7) is 3.87. The zero-order valence-corrected chi connectivity index (χ0v) is 18.8. The lowest BCUT2D eigenvalue weighted by atomic mass is 10.1. The molecule has 4 rings (SSSR count). The lowest BCUT2D eigenvalue weighted by Gasteiger charge is -2.26. The highest BCUT2D eigenvalue weighted by Gasteiger charge is 2.15. The molecule has 1 atom stereocenters. The average molecular weight is 458 g/mol. The highest BCUT2D eigenvalue weighted by molar-refractivity contribution is 7.74. The molecule has 0 saturated carbocycles. The van der Waals surface area contributed by atoms with Crippen LogP contribution in [0.5, 0.6) is 28.7 Å². The molecule has 0 bridgehead atoms. The van der Waals surface area contributed by atoms with E-state index in [0.29, 0.717) is 23.9 Å². The number of hydrogen-bond donors (Lipinski definition) is 1. The standard InChI is InChI=1S/C24H27NO6S/c1-28-21-10-11-22-18(17-21)5-12-23(31-32(26)27)24(22)30-20-8-6-19(7-9-20)29-16-15-25-13-3-2-4-14-25/h5-12,17H,2-4,13-16H2,1H3,(H,26,27). The van der Waals surface area contributed by atoms with Crippen LogP contribution in [0.25, 0.3) is 10.8 Å². The lowest BCUT2D eigenvalue weighted by molar-refractivity contribution is 0.183. The molecule has 0 aromatic heterocycles. The van der Waals surface area contributed by atoms with E-state index in [2.05, 4.69) is 4.90 Å². The van der Waals surface area contributed by atoms with E-state index in [1.54, 1.807) is 37.4 Å². The molecule has 7 nitrogen and oxygen atoms in total. The van der Waals surface area contributed by atoms with Crippen molar-refractivity contribution in [1.82, 2.24) is 4.90 Å². The molecule has 3 aromatic rings. The van der Waals surface area contributed by atoms with Gasteiger partial charge in [0.25, 0.3) is 0 Å². The Labute approximate surface area is 190 Å². The molecule has 0 amide bonds. The Morgan fingerprint density at radius 3 is 2.38 bits per heavy atom. The van der Waals surface area contributed by atoms with Gasteiger partial charge in [-0.05, 0) is 79.8 Å². The molecule has 8 heteroatoms. The molecule has 1 fully saturated rings. The topological polar surface area (TPSA) is 77.5 Å². The van der Waals surface area contributed by atoms with Crippen LogP contribution in [0, 0.1) is 0 Å². The summed E-state index contributed by atoms with van der Waals surface area (Å²) >= 11 is -2.47. The van der Waals surface area contributed by atoms with Crippen molar-refractivity contribution in [3.8, 4) is 28.7 Å². The van der Waals surface area contributed by atoms with Gasteiger partial charge in [0.05, 0.1) is 7.11 Å². The number of rotatable bonds is 9. The van der Waals surface area contributed by atoms with Gasteiger partial charge in [-0.25, -0.2) is 0 Å². The van der Waals surface area contributed by atoms with Gasteiger partial charge >= 0.3 is 11.4 Å². The quantitative estimate of drug-likeness (QED) is 0.452. The third kappa shape index (κ3) is 5.70. The Kier molecular flexibility index (Phi) is 7.47. The van der Waals surface area contributed by atoms with Crippen molar-refractivity contribution in [3.63, 3.8) is 0 Å². The first kappa shape index (κ1) is 22.4. The van der Waals surface area contributed by atoms with Crippen molar-refractivity contribution in [2.45, 2.75) is 19.3 Å². The first-order valence-corrected chi connectivity index (χ1v) is 11.7. The molecule has 1 aliphatic heterocycles. The van der Waals surface area contributed by atoms with E-state index >= 15 is 0 Å². The summed E-state index contributed by atoms with van der Waals surface area (Å²) in [6, 6.07) is 16.2. The third-order valence-corrected chi connectivity index (χ3v) is 5.79. The number of fused-ring (bicyclic) bond motifs is 1. The highest BCUT2D eigenvalue weighted by Crippen LogP contribution is 2.40. The second-order valence-electron chi connectivity index (χ2n) is 7.60. The van der Waals surface area contributed by atoms with E-state index in [1.807, 2.05) is 24.3 Å². The molecule has 1 saturated heterocycles. The molecule has 0 radical (unpaired) electrons. The SMILES string of the molecule is COc1ccc2c(Oc3ccc(OCCN4CCCCC4)cc3)c(OS(=O)O)ccc2c1. The van der Waals surface area contributed by atoms with Crippen molar-refractivity contribution >= 4 is 22.1 Å². The molecule has 1 N–H and O–H groups in total. The molecule has 3 aromatic carbocycles. The molecule has 1 unspecified atom stereocenters. The van der Waals surface area contributed by atoms with Gasteiger partial charge in [-0.15, -0.1) is 0 Å². The summed E-state index contributed by atoms with van der Waals surface area (Å²) in [4.78, 5) is 2.43. The Hall–Kier alpha value is -2.81. The first-order chi connectivity index (χ1) is 15.6. The summed E-state index contributed by atoms with van der Waals surface area (Å²) in [5.41, 5.74) is 0. The summed E-state index contributed by atoms with van der Waals surface area (Å²) < 4.78 is 42.8. The number of nitrogens with zero attached hydrogens (tertiary/aromatic N) is 1. The summed E-state index contributed by atoms with van der Waals surface area (Å²) in [5, 5.41) is 1.59. The van der Waals surface area contributed by atoms with Gasteiger partial charge in [0.1, 0.15) is 23.9 Å². The minimum Gasteiger partial charge on any atom is -0.497 e. The van der Waals surface area contributed by atoms with Crippen molar-refractivity contribution in [2.75, 3.05) is 33.4 Å². The number of hydrogen-bond acceptors (Lipinski definition) is 6. The predicted molar refractivity (Wildman–Crippen MR) is 124 cm³/mol. The van der Waals surface area contributed by atoms with Gasteiger partial charge in [0, 0.05) is 11.9 Å². The second-order valence-corrected chi connectivity index (χ2v) is 8.21. The fraction of sp³-hybridized carbons (Fsp3) is 0.333. The fourth-order valence-electron chi connectivity index (χ4n) is 3.83. The normalized spacial score (nSPS) is 15.3. The van der Waals surface area contributed by atoms with E-state index in [1.165, 1.54) is 19.3 Å². The summed E-state index contributed by atoms with van der Waals surface area (Å²) in [7, 11) is 1.60. The van der Waals surface area contributed by atoms with Crippen LogP contribution < -0.4 is 18.4 Å². The minimum absolute atomic E-state index is 0.172. The highest BCUT2D eigenvalue weighted by atomic mass is 32.2. The lowest BCUT2D eigenvalue weighted by Crippen LogP contribution is -2.33. The Morgan fingerprint density at radius 1 is 0.938 bits per heavy atom. The number of methoxy groups -OCH3 is 1. The van der Waals surface area contributed by atoms with Crippen LogP contribution in [-0.2, 0) is 11.4 Å². The smallest absolute Gasteiger partial charge is 0.357 e. The predicted octanol–water partition coefficient (Wildman–Crippen LogP) is 5.02. The van der Waals surface area contributed by atoms with Gasteiger partial charge in [-0.3, -0.25) is 9.45 Å². The van der Waals surface area contributed by atoms with E-state index in [4.69, 9.17) is 18.4 Å². The van der Waals surface area contributed by atoms with Crippen molar-refractivity contribution in [2.24, 2.45) is 0 Å². The minimum atomic E-state index is -2.47. The number of ether oxygens (including phenoxy) is 3. The molecule has 0 spiro atoms. The second kappa shape index (κ2) is 10.7. The molecule has 0 aliphatic carbocycles. The van der Waals surface area contributed by atoms with Crippen LogP contribution in [0.4, 0.5) is 0 Å². The van der Waals surface area contributed by atoms with Crippen molar-refractivity contribution in [3.05, 3.63) is 54.6 Å². The van der Waals surface area contributed by atoms with E-state index in [-0.39, 0.29) is 5.75 Å².